The van der Waals surface area contributed by atoms with E-state index in [1.165, 1.54) is 18.3 Å². The Morgan fingerprint density at radius 2 is 1.96 bits per heavy atom. The van der Waals surface area contributed by atoms with Crippen LogP contribution in [-0.4, -0.2) is 33.3 Å². The Bertz CT molecular complexity index is 1110. The number of hydrogen-bond acceptors (Lipinski definition) is 5. The molecule has 1 aromatic carbocycles. The van der Waals surface area contributed by atoms with Crippen LogP contribution >= 0.6 is 0 Å². The maximum Gasteiger partial charge on any atom is 0.325 e. The van der Waals surface area contributed by atoms with Gasteiger partial charge in [-0.2, -0.15) is 5.10 Å². The average molecular weight is 381 g/mol. The second-order valence-corrected chi connectivity index (χ2v) is 7.02. The predicted octanol–water partition coefficient (Wildman–Crippen LogP) is 2.35. The van der Waals surface area contributed by atoms with Crippen molar-refractivity contribution in [3.05, 3.63) is 74.4 Å². The molecule has 4 rings (SSSR count). The van der Waals surface area contributed by atoms with Crippen LogP contribution < -0.4 is 16.1 Å². The summed E-state index contributed by atoms with van der Waals surface area (Å²) in [6.07, 6.45) is 3.38. The van der Waals surface area contributed by atoms with Crippen LogP contribution in [-0.2, 0) is 0 Å². The van der Waals surface area contributed by atoms with Crippen LogP contribution in [0.5, 0.6) is 0 Å². The topological polar surface area (TPSA) is 94.7 Å². The van der Waals surface area contributed by atoms with E-state index in [1.807, 2.05) is 25.1 Å². The third kappa shape index (κ3) is 3.58. The summed E-state index contributed by atoms with van der Waals surface area (Å²) in [6.45, 7) is 3.52. The third-order valence-electron chi connectivity index (χ3n) is 5.15. The summed E-state index contributed by atoms with van der Waals surface area (Å²) in [6, 6.07) is 8.50. The molecular formula is C20H20FN5O2. The molecule has 0 radical (unpaired) electrons. The number of hydrogen-bond donors (Lipinski definition) is 2. The molecule has 0 amide bonds. The van der Waals surface area contributed by atoms with Gasteiger partial charge in [-0.3, -0.25) is 9.78 Å². The monoisotopic (exact) mass is 381 g/mol. The fourth-order valence-corrected chi connectivity index (χ4v) is 3.70. The number of aromatic nitrogens is 4. The standard InChI is InChI=1S/C20H20FN5O2/c1-12-18(9-17(25-24-12)16-10-22-20(28)23-19(16)27)26-8-2-3-14(11-26)13-4-6-15(21)7-5-13/h4-7,9-10,14H,2-3,8,11H2,1H3,(H2,22,23,27,28)/t14-/m1/s1. The molecule has 0 aliphatic carbocycles. The molecule has 2 N–H and O–H groups in total. The molecular weight excluding hydrogens is 361 g/mol. The Morgan fingerprint density at radius 1 is 1.18 bits per heavy atom. The van der Waals surface area contributed by atoms with Crippen LogP contribution in [0.3, 0.4) is 0 Å². The van der Waals surface area contributed by atoms with Crippen LogP contribution in [0.2, 0.25) is 0 Å². The Labute approximate surface area is 160 Å². The van der Waals surface area contributed by atoms with Gasteiger partial charge in [-0.05, 0) is 43.5 Å². The molecule has 2 aromatic heterocycles. The normalized spacial score (nSPS) is 16.9. The number of anilines is 1. The van der Waals surface area contributed by atoms with E-state index < -0.39 is 11.2 Å². The molecule has 0 unspecified atom stereocenters. The summed E-state index contributed by atoms with van der Waals surface area (Å²) in [5.74, 6) is 0.0585. The molecule has 144 valence electrons. The van der Waals surface area contributed by atoms with E-state index in [2.05, 4.69) is 25.1 Å². The number of nitrogens with zero attached hydrogens (tertiary/aromatic N) is 3. The lowest BCUT2D eigenvalue weighted by Crippen LogP contribution is -2.35. The van der Waals surface area contributed by atoms with Gasteiger partial charge < -0.3 is 9.88 Å². The van der Waals surface area contributed by atoms with Crippen molar-refractivity contribution in [1.82, 2.24) is 20.2 Å². The van der Waals surface area contributed by atoms with E-state index >= 15 is 0 Å². The minimum absolute atomic E-state index is 0.235. The second-order valence-electron chi connectivity index (χ2n) is 7.02. The van der Waals surface area contributed by atoms with Gasteiger partial charge >= 0.3 is 5.69 Å². The maximum absolute atomic E-state index is 13.2. The summed E-state index contributed by atoms with van der Waals surface area (Å²) in [4.78, 5) is 30.2. The highest BCUT2D eigenvalue weighted by molar-refractivity contribution is 5.64. The van der Waals surface area contributed by atoms with Crippen LogP contribution in [0, 0.1) is 12.7 Å². The molecule has 1 aliphatic rings. The Morgan fingerprint density at radius 3 is 2.71 bits per heavy atom. The number of H-pyrrole nitrogens is 2. The van der Waals surface area contributed by atoms with Crippen molar-refractivity contribution in [2.75, 3.05) is 18.0 Å². The number of aryl methyl sites for hydroxylation is 1. The van der Waals surface area contributed by atoms with E-state index in [0.717, 1.165) is 42.9 Å². The van der Waals surface area contributed by atoms with Gasteiger partial charge in [-0.1, -0.05) is 12.1 Å². The van der Waals surface area contributed by atoms with Gasteiger partial charge in [0.05, 0.1) is 16.9 Å². The number of aromatic amines is 2. The van der Waals surface area contributed by atoms with Crippen molar-refractivity contribution in [3.8, 4) is 11.3 Å². The maximum atomic E-state index is 13.2. The van der Waals surface area contributed by atoms with Gasteiger partial charge in [-0.25, -0.2) is 9.18 Å². The summed E-state index contributed by atoms with van der Waals surface area (Å²) < 4.78 is 13.2. The zero-order chi connectivity index (χ0) is 19.7. The van der Waals surface area contributed by atoms with E-state index in [1.54, 1.807) is 0 Å². The van der Waals surface area contributed by atoms with Crippen LogP contribution in [0.15, 0.2) is 46.1 Å². The van der Waals surface area contributed by atoms with E-state index in [0.29, 0.717) is 11.6 Å². The summed E-state index contributed by atoms with van der Waals surface area (Å²) in [7, 11) is 0. The molecule has 0 spiro atoms. The van der Waals surface area contributed by atoms with Crippen molar-refractivity contribution >= 4 is 5.69 Å². The molecule has 1 fully saturated rings. The largest absolute Gasteiger partial charge is 0.369 e. The van der Waals surface area contributed by atoms with Gasteiger partial charge in [0, 0.05) is 25.2 Å². The molecule has 3 heterocycles. The second kappa shape index (κ2) is 7.38. The molecule has 3 aromatic rings. The average Bonchev–Trinajstić information content (AvgIpc) is 2.69. The fourth-order valence-electron chi connectivity index (χ4n) is 3.70. The first kappa shape index (κ1) is 18.1. The van der Waals surface area contributed by atoms with Crippen molar-refractivity contribution in [2.45, 2.75) is 25.7 Å². The molecule has 1 saturated heterocycles. The zero-order valence-electron chi connectivity index (χ0n) is 15.4. The third-order valence-corrected chi connectivity index (χ3v) is 5.15. The fraction of sp³-hybridized carbons (Fsp3) is 0.300. The van der Waals surface area contributed by atoms with Crippen LogP contribution in [0.25, 0.3) is 11.3 Å². The lowest BCUT2D eigenvalue weighted by molar-refractivity contribution is 0.508. The molecule has 8 heteroatoms. The summed E-state index contributed by atoms with van der Waals surface area (Å²) in [5, 5.41) is 8.34. The van der Waals surface area contributed by atoms with E-state index in [9.17, 15) is 14.0 Å². The quantitative estimate of drug-likeness (QED) is 0.726. The lowest BCUT2D eigenvalue weighted by Gasteiger charge is -2.35. The Balaban J connectivity index is 1.65. The van der Waals surface area contributed by atoms with E-state index in [-0.39, 0.29) is 11.4 Å². The van der Waals surface area contributed by atoms with Gasteiger partial charge in [0.1, 0.15) is 11.5 Å². The number of benzene rings is 1. The number of piperidine rings is 1. The summed E-state index contributed by atoms with van der Waals surface area (Å²) >= 11 is 0. The smallest absolute Gasteiger partial charge is 0.325 e. The zero-order valence-corrected chi connectivity index (χ0v) is 15.4. The van der Waals surface area contributed by atoms with Crippen LogP contribution in [0.1, 0.15) is 30.0 Å². The van der Waals surface area contributed by atoms with Crippen molar-refractivity contribution in [1.29, 1.82) is 0 Å². The molecule has 0 saturated carbocycles. The molecule has 7 nitrogen and oxygen atoms in total. The number of nitrogens with one attached hydrogen (secondary N) is 2. The first-order valence-corrected chi connectivity index (χ1v) is 9.18. The number of rotatable bonds is 3. The van der Waals surface area contributed by atoms with Gasteiger partial charge in [-0.15, -0.1) is 5.10 Å². The van der Waals surface area contributed by atoms with Gasteiger partial charge in [0.15, 0.2) is 0 Å². The van der Waals surface area contributed by atoms with Crippen molar-refractivity contribution in [3.63, 3.8) is 0 Å². The molecule has 28 heavy (non-hydrogen) atoms. The number of halogens is 1. The minimum atomic E-state index is -0.563. The first-order chi connectivity index (χ1) is 13.5. The van der Waals surface area contributed by atoms with E-state index in [4.69, 9.17) is 0 Å². The van der Waals surface area contributed by atoms with Crippen molar-refractivity contribution in [2.24, 2.45) is 0 Å². The Kier molecular flexibility index (Phi) is 4.77. The summed E-state index contributed by atoms with van der Waals surface area (Å²) in [5.41, 5.74) is 2.39. The highest BCUT2D eigenvalue weighted by atomic mass is 19.1. The molecule has 0 bridgehead atoms. The SMILES string of the molecule is Cc1nnc(-c2c[nH]c(=O)[nH]c2=O)cc1N1CCC[C@@H](c2ccc(F)cc2)C1. The first-order valence-electron chi connectivity index (χ1n) is 9.18. The minimum Gasteiger partial charge on any atom is -0.369 e. The molecule has 1 aliphatic heterocycles. The van der Waals surface area contributed by atoms with Gasteiger partial charge in [0.25, 0.3) is 5.56 Å². The van der Waals surface area contributed by atoms with Crippen molar-refractivity contribution < 1.29 is 4.39 Å². The predicted molar refractivity (Wildman–Crippen MR) is 104 cm³/mol. The highest BCUT2D eigenvalue weighted by Gasteiger charge is 2.24. The van der Waals surface area contributed by atoms with Crippen LogP contribution in [0.4, 0.5) is 10.1 Å². The van der Waals surface area contributed by atoms with Gasteiger partial charge in [0.2, 0.25) is 0 Å². The lowest BCUT2D eigenvalue weighted by atomic mass is 9.90. The highest BCUT2D eigenvalue weighted by Crippen LogP contribution is 2.32. The molecule has 1 atom stereocenters. The Hall–Kier alpha value is -3.29.